The Balaban J connectivity index is 2.20. The van der Waals surface area contributed by atoms with E-state index in [0.29, 0.717) is 11.0 Å². The highest BCUT2D eigenvalue weighted by atomic mass is 79.9. The summed E-state index contributed by atoms with van der Waals surface area (Å²) >= 11 is 3.07. The molecule has 0 aliphatic heterocycles. The van der Waals surface area contributed by atoms with E-state index in [-0.39, 0.29) is 11.1 Å². The van der Waals surface area contributed by atoms with Crippen LogP contribution < -0.4 is 10.5 Å². The fourth-order valence-electron chi connectivity index (χ4n) is 2.50. The lowest BCUT2D eigenvalue weighted by molar-refractivity contribution is 0.336. The van der Waals surface area contributed by atoms with Crippen LogP contribution in [-0.4, -0.2) is 15.0 Å². The SMILES string of the molecule is CC1(CNS(=O)(=O)c2cc(N)c(Br)cc2F)CCCC1. The number of nitrogen functional groups attached to an aromatic ring is 1. The van der Waals surface area contributed by atoms with Crippen LogP contribution in [0, 0.1) is 11.2 Å². The van der Waals surface area contributed by atoms with Crippen molar-refractivity contribution in [1.82, 2.24) is 4.72 Å². The van der Waals surface area contributed by atoms with E-state index in [4.69, 9.17) is 5.73 Å². The first-order valence-corrected chi connectivity index (χ1v) is 8.75. The molecule has 112 valence electrons. The molecule has 0 amide bonds. The molecule has 0 saturated heterocycles. The standard InChI is InChI=1S/C13H18BrFN2O2S/c1-13(4-2-3-5-13)8-17-20(18,19)12-7-11(16)9(14)6-10(12)15/h6-7,17H,2-5,8,16H2,1H3. The average molecular weight is 365 g/mol. The predicted molar refractivity (Wildman–Crippen MR) is 80.3 cm³/mol. The van der Waals surface area contributed by atoms with Gasteiger partial charge in [0.15, 0.2) is 0 Å². The van der Waals surface area contributed by atoms with Gasteiger partial charge in [0.1, 0.15) is 10.7 Å². The summed E-state index contributed by atoms with van der Waals surface area (Å²) in [6.07, 6.45) is 4.19. The second-order valence-corrected chi connectivity index (χ2v) is 8.24. The third-order valence-electron chi connectivity index (χ3n) is 3.84. The van der Waals surface area contributed by atoms with Crippen molar-refractivity contribution in [1.29, 1.82) is 0 Å². The minimum absolute atomic E-state index is 0.0372. The number of sulfonamides is 1. The van der Waals surface area contributed by atoms with Crippen molar-refractivity contribution >= 4 is 31.6 Å². The Labute approximate surface area is 127 Å². The third kappa shape index (κ3) is 3.32. The van der Waals surface area contributed by atoms with Crippen molar-refractivity contribution in [3.8, 4) is 0 Å². The van der Waals surface area contributed by atoms with Gasteiger partial charge < -0.3 is 5.73 Å². The molecule has 4 nitrogen and oxygen atoms in total. The summed E-state index contributed by atoms with van der Waals surface area (Å²) in [5, 5.41) is 0. The molecule has 1 aromatic carbocycles. The van der Waals surface area contributed by atoms with Crippen LogP contribution in [0.3, 0.4) is 0 Å². The highest BCUT2D eigenvalue weighted by Gasteiger charge is 2.31. The Hall–Kier alpha value is -0.660. The van der Waals surface area contributed by atoms with E-state index in [1.54, 1.807) is 0 Å². The summed E-state index contributed by atoms with van der Waals surface area (Å²) in [6, 6.07) is 2.21. The summed E-state index contributed by atoms with van der Waals surface area (Å²) in [5.74, 6) is -0.810. The Morgan fingerprint density at radius 2 is 2.00 bits per heavy atom. The van der Waals surface area contributed by atoms with E-state index in [1.165, 1.54) is 0 Å². The third-order valence-corrected chi connectivity index (χ3v) is 5.94. The maximum Gasteiger partial charge on any atom is 0.243 e. The zero-order valence-electron chi connectivity index (χ0n) is 11.2. The number of hydrogen-bond donors (Lipinski definition) is 2. The molecule has 0 bridgehead atoms. The molecular formula is C13H18BrFN2O2S. The van der Waals surface area contributed by atoms with Crippen molar-refractivity contribution in [2.75, 3.05) is 12.3 Å². The van der Waals surface area contributed by atoms with Gasteiger partial charge in [-0.2, -0.15) is 0 Å². The molecule has 1 aliphatic carbocycles. The van der Waals surface area contributed by atoms with Gasteiger partial charge in [-0.1, -0.05) is 19.8 Å². The summed E-state index contributed by atoms with van der Waals surface area (Å²) in [6.45, 7) is 2.37. The second kappa shape index (κ2) is 5.61. The molecule has 1 aromatic rings. The summed E-state index contributed by atoms with van der Waals surface area (Å²) in [4.78, 5) is -0.403. The molecule has 2 rings (SSSR count). The zero-order valence-corrected chi connectivity index (χ0v) is 13.7. The fourth-order valence-corrected chi connectivity index (χ4v) is 4.11. The van der Waals surface area contributed by atoms with Crippen molar-refractivity contribution in [2.45, 2.75) is 37.5 Å². The number of nitrogens with one attached hydrogen (secondary N) is 1. The maximum atomic E-state index is 13.8. The van der Waals surface area contributed by atoms with Crippen LogP contribution in [0.4, 0.5) is 10.1 Å². The molecular weight excluding hydrogens is 347 g/mol. The molecule has 0 radical (unpaired) electrons. The summed E-state index contributed by atoms with van der Waals surface area (Å²) < 4.78 is 41.1. The molecule has 0 aromatic heterocycles. The Morgan fingerprint density at radius 3 is 2.60 bits per heavy atom. The van der Waals surface area contributed by atoms with E-state index in [1.807, 2.05) is 0 Å². The van der Waals surface area contributed by atoms with Gasteiger partial charge in [-0.15, -0.1) is 0 Å². The van der Waals surface area contributed by atoms with Crippen LogP contribution in [0.1, 0.15) is 32.6 Å². The lowest BCUT2D eigenvalue weighted by Gasteiger charge is -2.23. The first-order chi connectivity index (χ1) is 9.23. The van der Waals surface area contributed by atoms with Crippen LogP contribution in [0.5, 0.6) is 0 Å². The molecule has 0 unspecified atom stereocenters. The Bertz CT molecular complexity index is 613. The summed E-state index contributed by atoms with van der Waals surface area (Å²) in [7, 11) is -3.88. The monoisotopic (exact) mass is 364 g/mol. The maximum absolute atomic E-state index is 13.8. The lowest BCUT2D eigenvalue weighted by Crippen LogP contribution is -2.34. The summed E-state index contributed by atoms with van der Waals surface area (Å²) in [5.41, 5.74) is 5.78. The van der Waals surface area contributed by atoms with E-state index >= 15 is 0 Å². The first-order valence-electron chi connectivity index (χ1n) is 6.48. The van der Waals surface area contributed by atoms with Crippen molar-refractivity contribution in [3.05, 3.63) is 22.4 Å². The molecule has 0 heterocycles. The van der Waals surface area contributed by atoms with Gasteiger partial charge in [0.05, 0.1) is 0 Å². The number of rotatable bonds is 4. The molecule has 1 aliphatic rings. The number of anilines is 1. The van der Waals surface area contributed by atoms with Crippen molar-refractivity contribution in [3.63, 3.8) is 0 Å². The topological polar surface area (TPSA) is 72.2 Å². The molecule has 1 saturated carbocycles. The van der Waals surface area contributed by atoms with Crippen molar-refractivity contribution in [2.24, 2.45) is 5.41 Å². The highest BCUT2D eigenvalue weighted by Crippen LogP contribution is 2.37. The number of nitrogens with two attached hydrogens (primary N) is 1. The van der Waals surface area contributed by atoms with E-state index in [0.717, 1.165) is 37.8 Å². The quantitative estimate of drug-likeness (QED) is 0.806. The van der Waals surface area contributed by atoms with Gasteiger partial charge in [0.25, 0.3) is 0 Å². The van der Waals surface area contributed by atoms with Gasteiger partial charge in [-0.05, 0) is 46.3 Å². The van der Waals surface area contributed by atoms with Gasteiger partial charge in [-0.25, -0.2) is 17.5 Å². The van der Waals surface area contributed by atoms with E-state index in [2.05, 4.69) is 27.6 Å². The Morgan fingerprint density at radius 1 is 1.40 bits per heavy atom. The molecule has 3 N–H and O–H groups in total. The van der Waals surface area contributed by atoms with Crippen LogP contribution in [0.15, 0.2) is 21.5 Å². The predicted octanol–water partition coefficient (Wildman–Crippen LogP) is 3.03. The van der Waals surface area contributed by atoms with E-state index in [9.17, 15) is 12.8 Å². The largest absolute Gasteiger partial charge is 0.398 e. The number of halogens is 2. The minimum Gasteiger partial charge on any atom is -0.398 e. The Kier molecular flexibility index (Phi) is 4.41. The van der Waals surface area contributed by atoms with Crippen LogP contribution in [0.25, 0.3) is 0 Å². The van der Waals surface area contributed by atoms with Crippen LogP contribution in [0.2, 0.25) is 0 Å². The van der Waals surface area contributed by atoms with E-state index < -0.39 is 20.7 Å². The van der Waals surface area contributed by atoms with Crippen molar-refractivity contribution < 1.29 is 12.8 Å². The average Bonchev–Trinajstić information content (AvgIpc) is 2.79. The normalized spacial score (nSPS) is 18.4. The first kappa shape index (κ1) is 15.7. The number of hydrogen-bond acceptors (Lipinski definition) is 3. The minimum atomic E-state index is -3.88. The smallest absolute Gasteiger partial charge is 0.243 e. The van der Waals surface area contributed by atoms with Gasteiger partial charge in [-0.3, -0.25) is 0 Å². The molecule has 0 atom stereocenters. The molecule has 1 fully saturated rings. The van der Waals surface area contributed by atoms with Gasteiger partial charge in [0, 0.05) is 16.7 Å². The zero-order chi connectivity index (χ0) is 15.0. The molecule has 7 heteroatoms. The molecule has 0 spiro atoms. The van der Waals surface area contributed by atoms with Crippen LogP contribution in [-0.2, 0) is 10.0 Å². The highest BCUT2D eigenvalue weighted by molar-refractivity contribution is 9.10. The van der Waals surface area contributed by atoms with Gasteiger partial charge in [0.2, 0.25) is 10.0 Å². The number of benzene rings is 1. The van der Waals surface area contributed by atoms with Gasteiger partial charge >= 0.3 is 0 Å². The molecule has 20 heavy (non-hydrogen) atoms. The second-order valence-electron chi connectivity index (χ2n) is 5.65. The van der Waals surface area contributed by atoms with Crippen LogP contribution >= 0.6 is 15.9 Å². The fraction of sp³-hybridized carbons (Fsp3) is 0.538. The lowest BCUT2D eigenvalue weighted by atomic mass is 9.89.